The van der Waals surface area contributed by atoms with Crippen LogP contribution in [-0.2, 0) is 5.54 Å². The average molecular weight is 240 g/mol. The third-order valence-corrected chi connectivity index (χ3v) is 4.69. The molecule has 1 unspecified atom stereocenters. The molecule has 1 fully saturated rings. The fourth-order valence-electron chi connectivity index (χ4n) is 3.22. The molecule has 1 aliphatic carbocycles. The number of nitrogens with two attached hydrogens (primary N) is 1. The van der Waals surface area contributed by atoms with Crippen molar-refractivity contribution >= 4 is 10.9 Å². The van der Waals surface area contributed by atoms with Crippen LogP contribution in [0, 0.1) is 5.41 Å². The zero-order valence-electron chi connectivity index (χ0n) is 11.1. The van der Waals surface area contributed by atoms with Gasteiger partial charge in [-0.05, 0) is 36.0 Å². The molecule has 2 heteroatoms. The highest BCUT2D eigenvalue weighted by Gasteiger charge is 2.47. The lowest BCUT2D eigenvalue weighted by Crippen LogP contribution is -2.45. The molecule has 0 spiro atoms. The minimum atomic E-state index is -0.232. The SMILES string of the molecule is CC1(C)CCCC1(N)c1cnc2ccccc2c1. The predicted octanol–water partition coefficient (Wildman–Crippen LogP) is 3.60. The molecule has 94 valence electrons. The molecule has 2 nitrogen and oxygen atoms in total. The monoisotopic (exact) mass is 240 g/mol. The van der Waals surface area contributed by atoms with Crippen LogP contribution < -0.4 is 5.73 Å². The summed E-state index contributed by atoms with van der Waals surface area (Å²) >= 11 is 0. The Hall–Kier alpha value is -1.41. The van der Waals surface area contributed by atoms with Gasteiger partial charge in [-0.2, -0.15) is 0 Å². The van der Waals surface area contributed by atoms with Crippen LogP contribution in [0.25, 0.3) is 10.9 Å². The van der Waals surface area contributed by atoms with Gasteiger partial charge in [-0.3, -0.25) is 4.98 Å². The largest absolute Gasteiger partial charge is 0.321 e. The highest BCUT2D eigenvalue weighted by Crippen LogP contribution is 2.50. The lowest BCUT2D eigenvalue weighted by molar-refractivity contribution is 0.210. The molecule has 0 aliphatic heterocycles. The van der Waals surface area contributed by atoms with E-state index in [1.54, 1.807) is 0 Å². The molecule has 18 heavy (non-hydrogen) atoms. The Morgan fingerprint density at radius 1 is 1.17 bits per heavy atom. The molecule has 2 N–H and O–H groups in total. The van der Waals surface area contributed by atoms with Crippen molar-refractivity contribution in [2.45, 2.75) is 38.6 Å². The number of hydrogen-bond acceptors (Lipinski definition) is 2. The first-order valence-corrected chi connectivity index (χ1v) is 6.67. The summed E-state index contributed by atoms with van der Waals surface area (Å²) in [6, 6.07) is 10.4. The Kier molecular flexibility index (Phi) is 2.46. The van der Waals surface area contributed by atoms with Gasteiger partial charge in [-0.15, -0.1) is 0 Å². The van der Waals surface area contributed by atoms with E-state index in [4.69, 9.17) is 5.73 Å². The number of nitrogens with zero attached hydrogens (tertiary/aromatic N) is 1. The molecule has 0 bridgehead atoms. The normalized spacial score (nSPS) is 26.6. The van der Waals surface area contributed by atoms with Crippen LogP contribution in [0.5, 0.6) is 0 Å². The quantitative estimate of drug-likeness (QED) is 0.827. The molecule has 1 saturated carbocycles. The summed E-state index contributed by atoms with van der Waals surface area (Å²) in [5.41, 5.74) is 8.85. The van der Waals surface area contributed by atoms with E-state index in [1.807, 2.05) is 18.3 Å². The van der Waals surface area contributed by atoms with Gasteiger partial charge in [0.05, 0.1) is 5.52 Å². The number of pyridine rings is 1. The first kappa shape index (κ1) is 11.7. The number of para-hydroxylation sites is 1. The van der Waals surface area contributed by atoms with Gasteiger partial charge in [0, 0.05) is 17.1 Å². The second-order valence-electron chi connectivity index (χ2n) is 6.13. The van der Waals surface area contributed by atoms with Crippen LogP contribution in [0.2, 0.25) is 0 Å². The summed E-state index contributed by atoms with van der Waals surface area (Å²) < 4.78 is 0. The number of aromatic nitrogens is 1. The van der Waals surface area contributed by atoms with Crippen LogP contribution >= 0.6 is 0 Å². The maximum atomic E-state index is 6.71. The molecule has 2 aromatic rings. The molecule has 1 aromatic heterocycles. The van der Waals surface area contributed by atoms with Gasteiger partial charge in [0.1, 0.15) is 0 Å². The first-order chi connectivity index (χ1) is 8.53. The van der Waals surface area contributed by atoms with Crippen LogP contribution in [0.1, 0.15) is 38.7 Å². The first-order valence-electron chi connectivity index (χ1n) is 6.67. The van der Waals surface area contributed by atoms with Gasteiger partial charge in [-0.25, -0.2) is 0 Å². The lowest BCUT2D eigenvalue weighted by Gasteiger charge is -2.38. The molecule has 1 aliphatic rings. The average Bonchev–Trinajstić information content (AvgIpc) is 2.64. The van der Waals surface area contributed by atoms with E-state index in [2.05, 4.69) is 37.0 Å². The molecule has 0 radical (unpaired) electrons. The summed E-state index contributed by atoms with van der Waals surface area (Å²) in [7, 11) is 0. The van der Waals surface area contributed by atoms with Gasteiger partial charge >= 0.3 is 0 Å². The van der Waals surface area contributed by atoms with Crippen LogP contribution in [0.15, 0.2) is 36.5 Å². The number of benzene rings is 1. The lowest BCUT2D eigenvalue weighted by atomic mass is 9.72. The fourth-order valence-corrected chi connectivity index (χ4v) is 3.22. The maximum Gasteiger partial charge on any atom is 0.0702 e. The van der Waals surface area contributed by atoms with E-state index in [9.17, 15) is 0 Å². The van der Waals surface area contributed by atoms with E-state index < -0.39 is 0 Å². The van der Waals surface area contributed by atoms with E-state index in [0.29, 0.717) is 0 Å². The van der Waals surface area contributed by atoms with Crippen molar-refractivity contribution < 1.29 is 0 Å². The Balaban J connectivity index is 2.14. The van der Waals surface area contributed by atoms with Gasteiger partial charge < -0.3 is 5.73 Å². The van der Waals surface area contributed by atoms with E-state index >= 15 is 0 Å². The van der Waals surface area contributed by atoms with Crippen LogP contribution in [0.4, 0.5) is 0 Å². The summed E-state index contributed by atoms with van der Waals surface area (Å²) in [6.07, 6.45) is 5.42. The van der Waals surface area contributed by atoms with Crippen molar-refractivity contribution in [1.29, 1.82) is 0 Å². The summed E-state index contributed by atoms with van der Waals surface area (Å²) in [5.74, 6) is 0. The van der Waals surface area contributed by atoms with Gasteiger partial charge in [0.2, 0.25) is 0 Å². The highest BCUT2D eigenvalue weighted by molar-refractivity contribution is 5.79. The highest BCUT2D eigenvalue weighted by atomic mass is 14.8. The van der Waals surface area contributed by atoms with Crippen molar-refractivity contribution in [3.8, 4) is 0 Å². The minimum Gasteiger partial charge on any atom is -0.321 e. The van der Waals surface area contributed by atoms with Gasteiger partial charge in [0.25, 0.3) is 0 Å². The third kappa shape index (κ3) is 1.56. The van der Waals surface area contributed by atoms with E-state index in [1.165, 1.54) is 23.8 Å². The van der Waals surface area contributed by atoms with Gasteiger partial charge in [-0.1, -0.05) is 38.5 Å². The van der Waals surface area contributed by atoms with E-state index in [-0.39, 0.29) is 11.0 Å². The molecular weight excluding hydrogens is 220 g/mol. The number of fused-ring (bicyclic) bond motifs is 1. The molecule has 0 saturated heterocycles. The molecule has 1 aromatic carbocycles. The molecule has 0 amide bonds. The van der Waals surface area contributed by atoms with Gasteiger partial charge in [0.15, 0.2) is 0 Å². The van der Waals surface area contributed by atoms with E-state index in [0.717, 1.165) is 11.9 Å². The van der Waals surface area contributed by atoms with Crippen molar-refractivity contribution in [1.82, 2.24) is 4.98 Å². The summed E-state index contributed by atoms with van der Waals surface area (Å²) in [4.78, 5) is 4.56. The minimum absolute atomic E-state index is 0.150. The molecule has 3 rings (SSSR count). The van der Waals surface area contributed by atoms with Crippen LogP contribution in [0.3, 0.4) is 0 Å². The predicted molar refractivity (Wildman–Crippen MR) is 75.2 cm³/mol. The second-order valence-corrected chi connectivity index (χ2v) is 6.13. The van der Waals surface area contributed by atoms with Crippen molar-refractivity contribution in [3.63, 3.8) is 0 Å². The Labute approximate surface area is 108 Å². The number of hydrogen-bond donors (Lipinski definition) is 1. The smallest absolute Gasteiger partial charge is 0.0702 e. The van der Waals surface area contributed by atoms with Crippen LogP contribution in [-0.4, -0.2) is 4.98 Å². The van der Waals surface area contributed by atoms with Crippen molar-refractivity contribution in [3.05, 3.63) is 42.1 Å². The maximum absolute atomic E-state index is 6.71. The summed E-state index contributed by atoms with van der Waals surface area (Å²) in [5, 5.41) is 1.18. The topological polar surface area (TPSA) is 38.9 Å². The zero-order chi connectivity index (χ0) is 12.8. The number of rotatable bonds is 1. The molecular formula is C16H20N2. The molecule has 1 heterocycles. The molecule has 1 atom stereocenters. The standard InChI is InChI=1S/C16H20N2/c1-15(2)8-5-9-16(15,17)13-10-12-6-3-4-7-14(12)18-11-13/h3-4,6-7,10-11H,5,8-9,17H2,1-2H3. The third-order valence-electron chi connectivity index (χ3n) is 4.69. The Morgan fingerprint density at radius 3 is 2.67 bits per heavy atom. The Bertz CT molecular complexity index is 588. The summed E-state index contributed by atoms with van der Waals surface area (Å²) in [6.45, 7) is 4.55. The zero-order valence-corrected chi connectivity index (χ0v) is 11.1. The van der Waals surface area contributed by atoms with Crippen molar-refractivity contribution in [2.75, 3.05) is 0 Å². The second kappa shape index (κ2) is 3.79. The fraction of sp³-hybridized carbons (Fsp3) is 0.438. The Morgan fingerprint density at radius 2 is 1.94 bits per heavy atom. The van der Waals surface area contributed by atoms with Crippen molar-refractivity contribution in [2.24, 2.45) is 11.1 Å².